The summed E-state index contributed by atoms with van der Waals surface area (Å²) in [5.74, 6) is 0. The van der Waals surface area contributed by atoms with Crippen molar-refractivity contribution in [2.75, 3.05) is 0 Å². The van der Waals surface area contributed by atoms with E-state index in [1.807, 2.05) is 29.1 Å². The van der Waals surface area contributed by atoms with E-state index in [9.17, 15) is 0 Å². The first-order chi connectivity index (χ1) is 6.40. The number of aromatic nitrogens is 2. The topological polar surface area (TPSA) is 17.8 Å². The normalized spacial score (nSPS) is 10.2. The number of rotatable bonds is 2. The predicted octanol–water partition coefficient (Wildman–Crippen LogP) is 2.25. The summed E-state index contributed by atoms with van der Waals surface area (Å²) in [7, 11) is 0. The van der Waals surface area contributed by atoms with Gasteiger partial charge in [-0.05, 0) is 37.1 Å². The first-order valence-electron chi connectivity index (χ1n) is 4.28. The molecule has 1 radical (unpaired) electrons. The van der Waals surface area contributed by atoms with Crippen LogP contribution in [0.1, 0.15) is 5.56 Å². The summed E-state index contributed by atoms with van der Waals surface area (Å²) in [4.78, 5) is 0. The van der Waals surface area contributed by atoms with Crippen LogP contribution in [0.3, 0.4) is 0 Å². The molecule has 1 aromatic heterocycles. The van der Waals surface area contributed by atoms with Crippen LogP contribution in [0.2, 0.25) is 0 Å². The number of hydrogen-bond donors (Lipinski definition) is 0. The van der Waals surface area contributed by atoms with Crippen LogP contribution in [0, 0.1) is 6.92 Å². The van der Waals surface area contributed by atoms with Gasteiger partial charge in [-0.25, -0.2) is 4.68 Å². The molecule has 13 heavy (non-hydrogen) atoms. The lowest BCUT2D eigenvalue weighted by molar-refractivity contribution is 0.879. The van der Waals surface area contributed by atoms with Gasteiger partial charge in [-0.3, -0.25) is 0 Å². The van der Waals surface area contributed by atoms with E-state index in [-0.39, 0.29) is 0 Å². The molecule has 0 aliphatic heterocycles. The van der Waals surface area contributed by atoms with Crippen LogP contribution in [0.4, 0.5) is 0 Å². The second-order valence-electron chi connectivity index (χ2n) is 2.87. The van der Waals surface area contributed by atoms with E-state index >= 15 is 0 Å². The smallest absolute Gasteiger partial charge is 0.0645 e. The molecule has 1 heterocycles. The highest BCUT2D eigenvalue weighted by Crippen LogP contribution is 2.08. The Labute approximate surface area is 77.8 Å². The lowest BCUT2D eigenvalue weighted by atomic mass is 10.1. The van der Waals surface area contributed by atoms with E-state index < -0.39 is 0 Å². The largest absolute Gasteiger partial charge is 0.241 e. The molecule has 0 fully saturated rings. The molecule has 0 atom stereocenters. The third-order valence-electron chi connectivity index (χ3n) is 1.99. The minimum absolute atomic E-state index is 0.833. The zero-order chi connectivity index (χ0) is 9.10. The highest BCUT2D eigenvalue weighted by molar-refractivity contribution is 5.33. The van der Waals surface area contributed by atoms with Crippen LogP contribution in [-0.4, -0.2) is 9.78 Å². The van der Waals surface area contributed by atoms with Crippen LogP contribution < -0.4 is 0 Å². The van der Waals surface area contributed by atoms with Crippen LogP contribution in [-0.2, 0) is 6.42 Å². The minimum Gasteiger partial charge on any atom is -0.241 e. The van der Waals surface area contributed by atoms with Gasteiger partial charge in [0, 0.05) is 12.4 Å². The highest BCUT2D eigenvalue weighted by Gasteiger charge is 1.94. The van der Waals surface area contributed by atoms with Crippen molar-refractivity contribution in [3.05, 3.63) is 55.2 Å². The van der Waals surface area contributed by atoms with Crippen LogP contribution >= 0.6 is 0 Å². The number of hydrogen-bond acceptors (Lipinski definition) is 1. The summed E-state index contributed by atoms with van der Waals surface area (Å²) >= 11 is 0. The average Bonchev–Trinajstić information content (AvgIpc) is 2.71. The molecule has 2 rings (SSSR count). The molecule has 0 unspecified atom stereocenters. The number of benzene rings is 1. The third-order valence-corrected chi connectivity index (χ3v) is 1.99. The van der Waals surface area contributed by atoms with Crippen molar-refractivity contribution in [2.45, 2.75) is 6.42 Å². The molecule has 0 saturated heterocycles. The molecule has 2 nitrogen and oxygen atoms in total. The SMILES string of the molecule is [CH2]Cc1ccc(-n2cccn2)cc1. The average molecular weight is 171 g/mol. The molecule has 65 valence electrons. The van der Waals surface area contributed by atoms with Gasteiger partial charge in [0.1, 0.15) is 0 Å². The Morgan fingerprint density at radius 1 is 1.23 bits per heavy atom. The molecular formula is C11H11N2. The quantitative estimate of drug-likeness (QED) is 0.677. The van der Waals surface area contributed by atoms with Gasteiger partial charge in [0.25, 0.3) is 0 Å². The van der Waals surface area contributed by atoms with Crippen molar-refractivity contribution in [1.82, 2.24) is 9.78 Å². The summed E-state index contributed by atoms with van der Waals surface area (Å²) in [6.45, 7) is 3.83. The molecule has 0 saturated carbocycles. The Morgan fingerprint density at radius 2 is 2.00 bits per heavy atom. The zero-order valence-corrected chi connectivity index (χ0v) is 7.35. The maximum atomic E-state index is 4.14. The van der Waals surface area contributed by atoms with Crippen LogP contribution in [0.15, 0.2) is 42.7 Å². The zero-order valence-electron chi connectivity index (χ0n) is 7.35. The second kappa shape index (κ2) is 3.44. The van der Waals surface area contributed by atoms with E-state index in [0.717, 1.165) is 12.1 Å². The van der Waals surface area contributed by atoms with Gasteiger partial charge in [-0.1, -0.05) is 12.1 Å². The lowest BCUT2D eigenvalue weighted by Gasteiger charge is -2.01. The molecule has 0 bridgehead atoms. The molecule has 2 heteroatoms. The highest BCUT2D eigenvalue weighted by atomic mass is 15.3. The summed E-state index contributed by atoms with van der Waals surface area (Å²) in [5, 5.41) is 4.14. The first kappa shape index (κ1) is 8.05. The van der Waals surface area contributed by atoms with Gasteiger partial charge in [-0.15, -0.1) is 0 Å². The summed E-state index contributed by atoms with van der Waals surface area (Å²) in [6, 6.07) is 10.2. The Hall–Kier alpha value is -1.57. The van der Waals surface area contributed by atoms with Gasteiger partial charge in [0.05, 0.1) is 5.69 Å². The maximum Gasteiger partial charge on any atom is 0.0645 e. The fourth-order valence-electron chi connectivity index (χ4n) is 1.24. The van der Waals surface area contributed by atoms with Crippen molar-refractivity contribution in [2.24, 2.45) is 0 Å². The predicted molar refractivity (Wildman–Crippen MR) is 52.6 cm³/mol. The van der Waals surface area contributed by atoms with Gasteiger partial charge in [-0.2, -0.15) is 5.10 Å². The van der Waals surface area contributed by atoms with E-state index in [0.29, 0.717) is 0 Å². The van der Waals surface area contributed by atoms with Crippen molar-refractivity contribution in [3.8, 4) is 5.69 Å². The standard InChI is InChI=1S/C11H11N2/c1-2-10-4-6-11(7-5-10)13-9-3-8-12-13/h3-9H,1-2H2. The van der Waals surface area contributed by atoms with Gasteiger partial charge < -0.3 is 0 Å². The Morgan fingerprint density at radius 3 is 2.54 bits per heavy atom. The van der Waals surface area contributed by atoms with Crippen molar-refractivity contribution >= 4 is 0 Å². The minimum atomic E-state index is 0.833. The fourth-order valence-corrected chi connectivity index (χ4v) is 1.24. The Bertz CT molecular complexity index is 359. The summed E-state index contributed by atoms with van der Waals surface area (Å²) in [6.07, 6.45) is 4.54. The van der Waals surface area contributed by atoms with Crippen LogP contribution in [0.25, 0.3) is 5.69 Å². The fraction of sp³-hybridized carbons (Fsp3) is 0.0909. The molecule has 1 aromatic carbocycles. The van der Waals surface area contributed by atoms with E-state index in [1.165, 1.54) is 5.56 Å². The second-order valence-corrected chi connectivity index (χ2v) is 2.87. The molecule has 2 aromatic rings. The molecular weight excluding hydrogens is 160 g/mol. The Kier molecular flexibility index (Phi) is 2.13. The molecule has 0 amide bonds. The van der Waals surface area contributed by atoms with E-state index in [4.69, 9.17) is 0 Å². The maximum absolute atomic E-state index is 4.14. The van der Waals surface area contributed by atoms with Crippen molar-refractivity contribution in [3.63, 3.8) is 0 Å². The van der Waals surface area contributed by atoms with E-state index in [1.54, 1.807) is 6.20 Å². The molecule has 0 aliphatic carbocycles. The van der Waals surface area contributed by atoms with Gasteiger partial charge in [0.15, 0.2) is 0 Å². The van der Waals surface area contributed by atoms with Gasteiger partial charge in [0.2, 0.25) is 0 Å². The van der Waals surface area contributed by atoms with Gasteiger partial charge >= 0.3 is 0 Å². The summed E-state index contributed by atoms with van der Waals surface area (Å²) < 4.78 is 1.84. The molecule has 0 N–H and O–H groups in total. The van der Waals surface area contributed by atoms with Crippen molar-refractivity contribution in [1.29, 1.82) is 0 Å². The molecule has 0 aliphatic rings. The van der Waals surface area contributed by atoms with Crippen LogP contribution in [0.5, 0.6) is 0 Å². The monoisotopic (exact) mass is 171 g/mol. The van der Waals surface area contributed by atoms with Crippen molar-refractivity contribution < 1.29 is 0 Å². The molecule has 0 spiro atoms. The van der Waals surface area contributed by atoms with E-state index in [2.05, 4.69) is 24.2 Å². The number of nitrogens with zero attached hydrogens (tertiary/aromatic N) is 2. The third kappa shape index (κ3) is 1.61. The lowest BCUT2D eigenvalue weighted by Crippen LogP contribution is -1.93. The first-order valence-corrected chi connectivity index (χ1v) is 4.28. The summed E-state index contributed by atoms with van der Waals surface area (Å²) in [5.41, 5.74) is 2.33. The Balaban J connectivity index is 2.33.